The molecule has 0 aliphatic carbocycles. The largest absolute Gasteiger partial charge is 0.383 e. The fourth-order valence-corrected chi connectivity index (χ4v) is 2.15. The van der Waals surface area contributed by atoms with Crippen LogP contribution >= 0.6 is 27.5 Å². The van der Waals surface area contributed by atoms with Gasteiger partial charge in [0.2, 0.25) is 11.9 Å². The first-order valence-corrected chi connectivity index (χ1v) is 5.60. The highest BCUT2D eigenvalue weighted by molar-refractivity contribution is 9.09. The smallest absolute Gasteiger partial charge is 0.235 e. The number of amides is 1. The molecule has 2 N–H and O–H groups in total. The Morgan fingerprint density at radius 3 is 2.87 bits per heavy atom. The molecule has 0 saturated carbocycles. The van der Waals surface area contributed by atoms with Crippen LogP contribution in [0.1, 0.15) is 6.42 Å². The number of aromatic nitrogens is 2. The van der Waals surface area contributed by atoms with E-state index in [1.165, 1.54) is 11.0 Å². The van der Waals surface area contributed by atoms with Gasteiger partial charge in [0.05, 0.1) is 0 Å². The first-order chi connectivity index (χ1) is 7.06. The summed E-state index contributed by atoms with van der Waals surface area (Å²) in [4.78, 5) is 21.1. The standard InChI is InChI=1S/C8H8BrClN4O/c9-4-1-7(15)14(3-4)8-12-5(10)2-6(11)13-8/h2,4H,1,3H2,(H2,11,12,13). The predicted octanol–water partition coefficient (Wildman–Crippen LogP) is 1.21. The predicted molar refractivity (Wildman–Crippen MR) is 61.1 cm³/mol. The molecular weight excluding hydrogens is 283 g/mol. The summed E-state index contributed by atoms with van der Waals surface area (Å²) in [6.07, 6.45) is 0.440. The molecule has 0 radical (unpaired) electrons. The van der Waals surface area contributed by atoms with Gasteiger partial charge >= 0.3 is 0 Å². The molecule has 1 aliphatic rings. The van der Waals surface area contributed by atoms with Gasteiger partial charge in [-0.2, -0.15) is 4.98 Å². The molecule has 1 aromatic rings. The van der Waals surface area contributed by atoms with Gasteiger partial charge in [0, 0.05) is 23.9 Å². The Hall–Kier alpha value is -0.880. The summed E-state index contributed by atoms with van der Waals surface area (Å²) < 4.78 is 0. The number of nitrogens with zero attached hydrogens (tertiary/aromatic N) is 3. The second kappa shape index (κ2) is 3.94. The minimum atomic E-state index is -0.0291. The van der Waals surface area contributed by atoms with Crippen molar-refractivity contribution in [2.75, 3.05) is 17.2 Å². The number of hydrogen-bond donors (Lipinski definition) is 1. The van der Waals surface area contributed by atoms with E-state index in [1.807, 2.05) is 0 Å². The maximum atomic E-state index is 11.5. The summed E-state index contributed by atoms with van der Waals surface area (Å²) in [5, 5.41) is 0.239. The summed E-state index contributed by atoms with van der Waals surface area (Å²) in [5.74, 6) is 0.501. The highest BCUT2D eigenvalue weighted by Gasteiger charge is 2.30. The molecule has 80 valence electrons. The minimum Gasteiger partial charge on any atom is -0.383 e. The van der Waals surface area contributed by atoms with E-state index >= 15 is 0 Å². The fraction of sp³-hybridized carbons (Fsp3) is 0.375. The van der Waals surface area contributed by atoms with Gasteiger partial charge in [-0.1, -0.05) is 27.5 Å². The van der Waals surface area contributed by atoms with Crippen LogP contribution in [0.2, 0.25) is 5.15 Å². The van der Waals surface area contributed by atoms with Crippen molar-refractivity contribution in [3.8, 4) is 0 Å². The number of carbonyl (C=O) groups excluding carboxylic acids is 1. The van der Waals surface area contributed by atoms with Crippen molar-refractivity contribution >= 4 is 45.2 Å². The van der Waals surface area contributed by atoms with Crippen molar-refractivity contribution in [2.45, 2.75) is 11.2 Å². The van der Waals surface area contributed by atoms with Crippen LogP contribution in [0.4, 0.5) is 11.8 Å². The molecule has 1 aliphatic heterocycles. The molecule has 1 aromatic heterocycles. The van der Waals surface area contributed by atoms with E-state index in [0.717, 1.165) is 0 Å². The van der Waals surface area contributed by atoms with E-state index in [9.17, 15) is 4.79 Å². The SMILES string of the molecule is Nc1cc(Cl)nc(N2CC(Br)CC2=O)n1. The number of halogens is 2. The Morgan fingerprint density at radius 2 is 2.33 bits per heavy atom. The summed E-state index contributed by atoms with van der Waals surface area (Å²) in [7, 11) is 0. The van der Waals surface area contributed by atoms with E-state index in [2.05, 4.69) is 25.9 Å². The topological polar surface area (TPSA) is 72.1 Å². The normalized spacial score (nSPS) is 21.1. The minimum absolute atomic E-state index is 0.0291. The number of nitrogens with two attached hydrogens (primary N) is 1. The van der Waals surface area contributed by atoms with Crippen LogP contribution in [0, 0.1) is 0 Å². The third kappa shape index (κ3) is 2.21. The number of nitrogen functional groups attached to an aromatic ring is 1. The molecule has 15 heavy (non-hydrogen) atoms. The lowest BCUT2D eigenvalue weighted by Crippen LogP contribution is -2.27. The molecule has 1 fully saturated rings. The van der Waals surface area contributed by atoms with E-state index in [0.29, 0.717) is 13.0 Å². The summed E-state index contributed by atoms with van der Waals surface area (Å²) >= 11 is 9.10. The molecule has 0 aromatic carbocycles. The summed E-state index contributed by atoms with van der Waals surface area (Å²) in [6, 6.07) is 1.44. The monoisotopic (exact) mass is 290 g/mol. The van der Waals surface area contributed by atoms with Gasteiger partial charge in [-0.05, 0) is 0 Å². The maximum Gasteiger partial charge on any atom is 0.235 e. The summed E-state index contributed by atoms with van der Waals surface area (Å²) in [5.41, 5.74) is 5.52. The molecular formula is C8H8BrClN4O. The second-order valence-electron chi connectivity index (χ2n) is 3.22. The van der Waals surface area contributed by atoms with Gasteiger partial charge in [0.15, 0.2) is 0 Å². The van der Waals surface area contributed by atoms with Crippen LogP contribution < -0.4 is 10.6 Å². The van der Waals surface area contributed by atoms with E-state index in [-0.39, 0.29) is 27.7 Å². The van der Waals surface area contributed by atoms with Crippen LogP contribution in [0.5, 0.6) is 0 Å². The number of hydrogen-bond acceptors (Lipinski definition) is 4. The number of alkyl halides is 1. The van der Waals surface area contributed by atoms with Crippen LogP contribution in [-0.2, 0) is 4.79 Å². The molecule has 1 saturated heterocycles. The Morgan fingerprint density at radius 1 is 1.60 bits per heavy atom. The highest BCUT2D eigenvalue weighted by Crippen LogP contribution is 2.24. The third-order valence-corrected chi connectivity index (χ3v) is 2.83. The van der Waals surface area contributed by atoms with Crippen LogP contribution in [-0.4, -0.2) is 27.2 Å². The Balaban J connectivity index is 2.33. The van der Waals surface area contributed by atoms with Crippen molar-refractivity contribution in [3.63, 3.8) is 0 Å². The summed E-state index contributed by atoms with van der Waals surface area (Å²) in [6.45, 7) is 0.540. The molecule has 1 amide bonds. The quantitative estimate of drug-likeness (QED) is 0.623. The molecule has 0 bridgehead atoms. The van der Waals surface area contributed by atoms with Crippen molar-refractivity contribution in [2.24, 2.45) is 0 Å². The fourth-order valence-electron chi connectivity index (χ4n) is 1.40. The lowest BCUT2D eigenvalue weighted by molar-refractivity contribution is -0.117. The van der Waals surface area contributed by atoms with E-state index in [1.54, 1.807) is 0 Å². The Labute approximate surface area is 99.8 Å². The van der Waals surface area contributed by atoms with Crippen molar-refractivity contribution in [1.82, 2.24) is 9.97 Å². The second-order valence-corrected chi connectivity index (χ2v) is 4.90. The number of anilines is 2. The third-order valence-electron chi connectivity index (χ3n) is 2.02. The first-order valence-electron chi connectivity index (χ1n) is 4.31. The molecule has 0 spiro atoms. The average molecular weight is 292 g/mol. The molecule has 5 nitrogen and oxygen atoms in total. The van der Waals surface area contributed by atoms with Gasteiger partial charge in [-0.25, -0.2) is 4.98 Å². The first kappa shape index (κ1) is 10.6. The van der Waals surface area contributed by atoms with Gasteiger partial charge < -0.3 is 5.73 Å². The molecule has 7 heteroatoms. The van der Waals surface area contributed by atoms with Crippen molar-refractivity contribution < 1.29 is 4.79 Å². The Kier molecular flexibility index (Phi) is 2.79. The zero-order valence-electron chi connectivity index (χ0n) is 7.65. The molecule has 2 heterocycles. The number of rotatable bonds is 1. The van der Waals surface area contributed by atoms with Crippen molar-refractivity contribution in [1.29, 1.82) is 0 Å². The lowest BCUT2D eigenvalue weighted by Gasteiger charge is -2.13. The van der Waals surface area contributed by atoms with E-state index < -0.39 is 0 Å². The van der Waals surface area contributed by atoms with E-state index in [4.69, 9.17) is 17.3 Å². The molecule has 1 atom stereocenters. The lowest BCUT2D eigenvalue weighted by atomic mass is 10.4. The zero-order chi connectivity index (χ0) is 11.0. The van der Waals surface area contributed by atoms with Gasteiger partial charge in [-0.3, -0.25) is 9.69 Å². The van der Waals surface area contributed by atoms with Gasteiger partial charge in [0.25, 0.3) is 0 Å². The van der Waals surface area contributed by atoms with Crippen LogP contribution in [0.3, 0.4) is 0 Å². The molecule has 1 unspecified atom stereocenters. The van der Waals surface area contributed by atoms with Crippen LogP contribution in [0.25, 0.3) is 0 Å². The van der Waals surface area contributed by atoms with Crippen LogP contribution in [0.15, 0.2) is 6.07 Å². The van der Waals surface area contributed by atoms with Gasteiger partial charge in [-0.15, -0.1) is 0 Å². The van der Waals surface area contributed by atoms with Gasteiger partial charge in [0.1, 0.15) is 11.0 Å². The average Bonchev–Trinajstić information content (AvgIpc) is 2.43. The number of carbonyl (C=O) groups is 1. The zero-order valence-corrected chi connectivity index (χ0v) is 9.99. The van der Waals surface area contributed by atoms with Crippen molar-refractivity contribution in [3.05, 3.63) is 11.2 Å². The Bertz CT molecular complexity index is 393. The maximum absolute atomic E-state index is 11.5. The molecule has 2 rings (SSSR count). The highest BCUT2D eigenvalue weighted by atomic mass is 79.9.